The van der Waals surface area contributed by atoms with Gasteiger partial charge in [0.15, 0.2) is 0 Å². The largest absolute Gasteiger partial charge is 0.322 e. The zero-order valence-electron chi connectivity index (χ0n) is 9.75. The van der Waals surface area contributed by atoms with Gasteiger partial charge in [0.1, 0.15) is 0 Å². The van der Waals surface area contributed by atoms with Crippen molar-refractivity contribution in [3.8, 4) is 0 Å². The van der Waals surface area contributed by atoms with Gasteiger partial charge in [0.05, 0.1) is 0 Å². The molecule has 0 radical (unpaired) electrons. The number of carbonyl (C=O) groups excluding carboxylic acids is 1. The summed E-state index contributed by atoms with van der Waals surface area (Å²) in [7, 11) is 0. The first kappa shape index (κ1) is 14.1. The van der Waals surface area contributed by atoms with Crippen LogP contribution in [0.5, 0.6) is 0 Å². The van der Waals surface area contributed by atoms with E-state index in [1.165, 1.54) is 0 Å². The molecule has 1 aromatic carbocycles. The number of urea groups is 1. The first-order valence-electron chi connectivity index (χ1n) is 5.42. The van der Waals surface area contributed by atoms with Crippen LogP contribution in [0.25, 0.3) is 0 Å². The molecule has 3 nitrogen and oxygen atoms in total. The minimum atomic E-state index is -0.171. The van der Waals surface area contributed by atoms with Crippen LogP contribution in [0.2, 0.25) is 0 Å². The lowest BCUT2D eigenvalue weighted by atomic mass is 10.2. The van der Waals surface area contributed by atoms with E-state index in [0.29, 0.717) is 24.8 Å². The highest BCUT2D eigenvalue weighted by Crippen LogP contribution is 2.09. The molecule has 0 spiro atoms. The molecular weight excluding hydrogens is 259 g/mol. The molecule has 0 atom stereocenters. The Morgan fingerprint density at radius 2 is 1.71 bits per heavy atom. The molecule has 0 aliphatic rings. The predicted molar refractivity (Wildman–Crippen MR) is 73.2 cm³/mol. The Morgan fingerprint density at radius 3 is 2.18 bits per heavy atom. The standard InChI is InChI=1S/C12H16Cl2N2O/c1-10-2-4-11(5-3-10)15-12(17)16(8-6-13)9-7-14/h2-5H,6-9H2,1H3,(H,15,17). The number of aryl methyl sites for hydroxylation is 1. The summed E-state index contributed by atoms with van der Waals surface area (Å²) in [5.41, 5.74) is 1.93. The number of amides is 2. The number of benzene rings is 1. The molecular formula is C12H16Cl2N2O. The molecule has 0 bridgehead atoms. The smallest absolute Gasteiger partial charge is 0.321 e. The summed E-state index contributed by atoms with van der Waals surface area (Å²) in [6, 6.07) is 7.46. The van der Waals surface area contributed by atoms with E-state index in [0.717, 1.165) is 11.3 Å². The van der Waals surface area contributed by atoms with Crippen molar-refractivity contribution in [2.75, 3.05) is 30.2 Å². The van der Waals surface area contributed by atoms with Crippen LogP contribution < -0.4 is 5.32 Å². The van der Waals surface area contributed by atoms with Gasteiger partial charge in [0, 0.05) is 30.5 Å². The Labute approximate surface area is 112 Å². The van der Waals surface area contributed by atoms with Crippen LogP contribution in [0.1, 0.15) is 5.56 Å². The van der Waals surface area contributed by atoms with Crippen molar-refractivity contribution in [2.45, 2.75) is 6.92 Å². The molecule has 5 heteroatoms. The van der Waals surface area contributed by atoms with E-state index in [4.69, 9.17) is 23.2 Å². The van der Waals surface area contributed by atoms with Crippen molar-refractivity contribution in [1.82, 2.24) is 4.90 Å². The average molecular weight is 275 g/mol. The summed E-state index contributed by atoms with van der Waals surface area (Å²) < 4.78 is 0. The summed E-state index contributed by atoms with van der Waals surface area (Å²) in [5, 5.41) is 2.81. The number of alkyl halides is 2. The number of rotatable bonds is 5. The second kappa shape index (κ2) is 7.41. The van der Waals surface area contributed by atoms with Gasteiger partial charge in [-0.15, -0.1) is 23.2 Å². The lowest BCUT2D eigenvalue weighted by molar-refractivity contribution is 0.218. The summed E-state index contributed by atoms with van der Waals surface area (Å²) in [6.07, 6.45) is 0. The SMILES string of the molecule is Cc1ccc(NC(=O)N(CCCl)CCCl)cc1. The fourth-order valence-corrected chi connectivity index (χ4v) is 1.77. The summed E-state index contributed by atoms with van der Waals surface area (Å²) in [5.74, 6) is 0.802. The second-order valence-electron chi connectivity index (χ2n) is 3.66. The van der Waals surface area contributed by atoms with Gasteiger partial charge >= 0.3 is 6.03 Å². The van der Waals surface area contributed by atoms with E-state index in [2.05, 4.69) is 5.32 Å². The zero-order chi connectivity index (χ0) is 12.7. The molecule has 0 saturated carbocycles. The zero-order valence-corrected chi connectivity index (χ0v) is 11.3. The van der Waals surface area contributed by atoms with Crippen LogP contribution in [-0.4, -0.2) is 35.8 Å². The highest BCUT2D eigenvalue weighted by Gasteiger charge is 2.11. The van der Waals surface area contributed by atoms with Crippen LogP contribution in [0.4, 0.5) is 10.5 Å². The van der Waals surface area contributed by atoms with Crippen LogP contribution in [0.3, 0.4) is 0 Å². The van der Waals surface area contributed by atoms with Crippen LogP contribution in [0.15, 0.2) is 24.3 Å². The first-order valence-corrected chi connectivity index (χ1v) is 6.49. The van der Waals surface area contributed by atoms with E-state index in [1.54, 1.807) is 4.90 Å². The Balaban J connectivity index is 2.59. The minimum absolute atomic E-state index is 0.171. The van der Waals surface area contributed by atoms with E-state index in [9.17, 15) is 4.79 Å². The molecule has 0 heterocycles. The third-order valence-corrected chi connectivity index (χ3v) is 2.64. The normalized spacial score (nSPS) is 10.1. The third-order valence-electron chi connectivity index (χ3n) is 2.30. The summed E-state index contributed by atoms with van der Waals surface area (Å²) >= 11 is 11.3. The van der Waals surface area contributed by atoms with Crippen molar-refractivity contribution in [2.24, 2.45) is 0 Å². The average Bonchev–Trinajstić information content (AvgIpc) is 2.32. The van der Waals surface area contributed by atoms with Crippen molar-refractivity contribution in [1.29, 1.82) is 0 Å². The quantitative estimate of drug-likeness (QED) is 0.821. The van der Waals surface area contributed by atoms with Gasteiger partial charge in [-0.25, -0.2) is 4.79 Å². The highest BCUT2D eigenvalue weighted by molar-refractivity contribution is 6.18. The number of carbonyl (C=O) groups is 1. The Bertz CT molecular complexity index is 348. The van der Waals surface area contributed by atoms with Gasteiger partial charge in [-0.1, -0.05) is 17.7 Å². The van der Waals surface area contributed by atoms with E-state index < -0.39 is 0 Å². The van der Waals surface area contributed by atoms with Crippen molar-refractivity contribution >= 4 is 34.9 Å². The number of nitrogens with zero attached hydrogens (tertiary/aromatic N) is 1. The van der Waals surface area contributed by atoms with Crippen molar-refractivity contribution in [3.63, 3.8) is 0 Å². The molecule has 0 saturated heterocycles. The van der Waals surface area contributed by atoms with E-state index >= 15 is 0 Å². The van der Waals surface area contributed by atoms with Gasteiger partial charge in [0.2, 0.25) is 0 Å². The monoisotopic (exact) mass is 274 g/mol. The second-order valence-corrected chi connectivity index (χ2v) is 4.42. The molecule has 2 amide bonds. The molecule has 17 heavy (non-hydrogen) atoms. The molecule has 0 fully saturated rings. The Hall–Kier alpha value is -0.930. The molecule has 0 aromatic heterocycles. The molecule has 94 valence electrons. The maximum atomic E-state index is 11.9. The fourth-order valence-electron chi connectivity index (χ4n) is 1.36. The van der Waals surface area contributed by atoms with Crippen LogP contribution >= 0.6 is 23.2 Å². The predicted octanol–water partition coefficient (Wildman–Crippen LogP) is 3.31. The van der Waals surface area contributed by atoms with Gasteiger partial charge in [0.25, 0.3) is 0 Å². The number of nitrogens with one attached hydrogen (secondary N) is 1. The molecule has 0 aliphatic heterocycles. The van der Waals surface area contributed by atoms with Crippen molar-refractivity contribution < 1.29 is 4.79 Å². The fraction of sp³-hybridized carbons (Fsp3) is 0.417. The van der Waals surface area contributed by atoms with Gasteiger partial charge in [-0.3, -0.25) is 0 Å². The van der Waals surface area contributed by atoms with Gasteiger partial charge in [-0.2, -0.15) is 0 Å². The maximum absolute atomic E-state index is 11.9. The van der Waals surface area contributed by atoms with E-state index in [1.807, 2.05) is 31.2 Å². The Kier molecular flexibility index (Phi) is 6.16. The first-order chi connectivity index (χ1) is 8.17. The van der Waals surface area contributed by atoms with Gasteiger partial charge in [-0.05, 0) is 19.1 Å². The van der Waals surface area contributed by atoms with Gasteiger partial charge < -0.3 is 10.2 Å². The lowest BCUT2D eigenvalue weighted by Crippen LogP contribution is -2.37. The molecule has 1 rings (SSSR count). The highest BCUT2D eigenvalue weighted by atomic mass is 35.5. The topological polar surface area (TPSA) is 32.3 Å². The third kappa shape index (κ3) is 4.84. The Morgan fingerprint density at radius 1 is 1.18 bits per heavy atom. The number of halogens is 2. The molecule has 1 N–H and O–H groups in total. The molecule has 0 aliphatic carbocycles. The minimum Gasteiger partial charge on any atom is -0.322 e. The number of hydrogen-bond acceptors (Lipinski definition) is 1. The van der Waals surface area contributed by atoms with Crippen molar-refractivity contribution in [3.05, 3.63) is 29.8 Å². The number of hydrogen-bond donors (Lipinski definition) is 1. The maximum Gasteiger partial charge on any atom is 0.321 e. The number of anilines is 1. The van der Waals surface area contributed by atoms with Crippen LogP contribution in [0, 0.1) is 6.92 Å². The summed E-state index contributed by atoms with van der Waals surface area (Å²) in [4.78, 5) is 13.5. The van der Waals surface area contributed by atoms with E-state index in [-0.39, 0.29) is 6.03 Å². The van der Waals surface area contributed by atoms with Crippen LogP contribution in [-0.2, 0) is 0 Å². The summed E-state index contributed by atoms with van der Waals surface area (Å²) in [6.45, 7) is 2.98. The lowest BCUT2D eigenvalue weighted by Gasteiger charge is -2.21. The molecule has 1 aromatic rings. The molecule has 0 unspecified atom stereocenters.